The van der Waals surface area contributed by atoms with Crippen LogP contribution in [0, 0.1) is 11.7 Å². The van der Waals surface area contributed by atoms with Crippen LogP contribution in [0.2, 0.25) is 0 Å². The molecule has 0 radical (unpaired) electrons. The van der Waals surface area contributed by atoms with Gasteiger partial charge in [-0.3, -0.25) is 13.9 Å². The minimum atomic E-state index is -5.82. The quantitative estimate of drug-likeness (QED) is 0.120. The Balaban J connectivity index is 1.39. The number of benzene rings is 1. The van der Waals surface area contributed by atoms with Gasteiger partial charge in [0.1, 0.15) is 11.3 Å². The van der Waals surface area contributed by atoms with Crippen LogP contribution < -0.4 is 20.4 Å². The van der Waals surface area contributed by atoms with Crippen molar-refractivity contribution >= 4 is 43.9 Å². The van der Waals surface area contributed by atoms with Crippen LogP contribution in [0.15, 0.2) is 17.1 Å². The van der Waals surface area contributed by atoms with Crippen molar-refractivity contribution in [2.45, 2.75) is 49.3 Å². The van der Waals surface area contributed by atoms with Gasteiger partial charge < -0.3 is 58.2 Å². The molecule has 1 aromatic heterocycles. The molecule has 1 aromatic carbocycles. The standard InChI is InChI=1S/C28H39FN4O13P2/c1-31(2)10-8-28(47(37,38)39,48(40,41)42)46-27(36)45-15-44-26(35)19-13-33(17-6-7-17)22-18(24(19)34)11-20(29)23(25(22)43-3)32-12-16-5-4-9-30-21(16)14-32/h11,13,16-17,21,30H,4-10,12,14-15H2,1-3H3,(H2,37,38,39)(H2,40,41,42). The lowest BCUT2D eigenvalue weighted by atomic mass is 9.94. The van der Waals surface area contributed by atoms with Crippen molar-refractivity contribution in [1.82, 2.24) is 14.8 Å². The maximum absolute atomic E-state index is 15.9. The first-order valence-electron chi connectivity index (χ1n) is 15.2. The van der Waals surface area contributed by atoms with E-state index in [4.69, 9.17) is 9.47 Å². The van der Waals surface area contributed by atoms with E-state index < -0.39 is 62.4 Å². The summed E-state index contributed by atoms with van der Waals surface area (Å²) in [6.07, 6.45) is 1.78. The van der Waals surface area contributed by atoms with E-state index in [9.17, 15) is 43.1 Å². The Bertz CT molecular complexity index is 1700. The molecule has 3 aliphatic rings. The van der Waals surface area contributed by atoms with Crippen molar-refractivity contribution in [2.24, 2.45) is 5.92 Å². The summed E-state index contributed by atoms with van der Waals surface area (Å²) in [5, 5.41) is -0.237. The second-order valence-corrected chi connectivity index (χ2v) is 16.4. The molecule has 17 nitrogen and oxygen atoms in total. The summed E-state index contributed by atoms with van der Waals surface area (Å²) in [6.45, 7) is 0.486. The van der Waals surface area contributed by atoms with E-state index in [2.05, 4.69) is 14.8 Å². The third-order valence-electron chi connectivity index (χ3n) is 8.89. The number of methoxy groups -OCH3 is 1. The molecular formula is C28H39FN4O13P2. The highest BCUT2D eigenvalue weighted by Crippen LogP contribution is 2.71. The Morgan fingerprint density at radius 2 is 1.79 bits per heavy atom. The minimum absolute atomic E-state index is 0.128. The SMILES string of the molecule is COc1c(N2CC3CCCNC3C2)c(F)cc2c(=O)c(C(=O)OCOC(=O)OC(CCN(C)C)(P(=O)(O)O)P(=O)(O)O)cn(C3CC3)c12. The zero-order chi connectivity index (χ0) is 35.2. The third kappa shape index (κ3) is 6.98. The average Bonchev–Trinajstić information content (AvgIpc) is 3.75. The second kappa shape index (κ2) is 13.7. The number of hydrogen-bond donors (Lipinski definition) is 5. The molecule has 5 rings (SSSR count). The van der Waals surface area contributed by atoms with Gasteiger partial charge >= 0.3 is 32.4 Å². The van der Waals surface area contributed by atoms with Gasteiger partial charge in [-0.2, -0.15) is 0 Å². The fourth-order valence-corrected chi connectivity index (χ4v) is 8.85. The lowest BCUT2D eigenvalue weighted by Crippen LogP contribution is -2.40. The number of hydrogen-bond acceptors (Lipinski definition) is 12. The molecule has 2 unspecified atom stereocenters. The number of esters is 1. The Hall–Kier alpha value is -3.08. The fourth-order valence-electron chi connectivity index (χ4n) is 6.32. The number of carbonyl (C=O) groups is 2. The largest absolute Gasteiger partial charge is 0.513 e. The van der Waals surface area contributed by atoms with Gasteiger partial charge in [0.2, 0.25) is 12.2 Å². The van der Waals surface area contributed by atoms with Gasteiger partial charge in [0, 0.05) is 44.3 Å². The minimum Gasteiger partial charge on any atom is -0.492 e. The van der Waals surface area contributed by atoms with Crippen LogP contribution in [0.4, 0.5) is 14.9 Å². The number of piperidine rings is 1. The summed E-state index contributed by atoms with van der Waals surface area (Å²) in [5.41, 5.74) is -0.877. The number of nitrogens with zero attached hydrogens (tertiary/aromatic N) is 3. The number of halogens is 1. The molecule has 2 aliphatic heterocycles. The molecule has 3 fully saturated rings. The number of aromatic nitrogens is 1. The summed E-state index contributed by atoms with van der Waals surface area (Å²) >= 11 is 0. The molecule has 2 atom stereocenters. The Morgan fingerprint density at radius 1 is 1.10 bits per heavy atom. The molecule has 1 aliphatic carbocycles. The number of anilines is 1. The molecule has 48 heavy (non-hydrogen) atoms. The van der Waals surface area contributed by atoms with Crippen molar-refractivity contribution in [2.75, 3.05) is 59.1 Å². The van der Waals surface area contributed by atoms with Gasteiger partial charge in [0.15, 0.2) is 11.6 Å². The number of pyridine rings is 1. The van der Waals surface area contributed by atoms with Crippen molar-refractivity contribution in [3.05, 3.63) is 33.9 Å². The van der Waals surface area contributed by atoms with Crippen LogP contribution in [0.3, 0.4) is 0 Å². The van der Waals surface area contributed by atoms with E-state index in [1.54, 1.807) is 4.57 Å². The number of carbonyl (C=O) groups excluding carboxylic acids is 2. The molecule has 266 valence electrons. The van der Waals surface area contributed by atoms with E-state index >= 15 is 4.39 Å². The summed E-state index contributed by atoms with van der Waals surface area (Å²) < 4.78 is 61.6. The van der Waals surface area contributed by atoms with Gasteiger partial charge in [0.05, 0.1) is 18.0 Å². The number of ether oxygens (including phenoxy) is 4. The average molecular weight is 721 g/mol. The lowest BCUT2D eigenvalue weighted by molar-refractivity contribution is -0.0430. The summed E-state index contributed by atoms with van der Waals surface area (Å²) in [4.78, 5) is 81.4. The van der Waals surface area contributed by atoms with Crippen LogP contribution in [0.5, 0.6) is 5.75 Å². The highest BCUT2D eigenvalue weighted by atomic mass is 31.2. The van der Waals surface area contributed by atoms with E-state index in [0.717, 1.165) is 25.5 Å². The molecule has 1 saturated carbocycles. The van der Waals surface area contributed by atoms with Gasteiger partial charge in [-0.25, -0.2) is 14.0 Å². The normalized spacial score (nSPS) is 20.1. The highest BCUT2D eigenvalue weighted by Gasteiger charge is 2.64. The summed E-state index contributed by atoms with van der Waals surface area (Å²) in [6, 6.07) is 1.13. The number of nitrogens with one attached hydrogen (secondary N) is 1. The van der Waals surface area contributed by atoms with Crippen molar-refractivity contribution in [1.29, 1.82) is 0 Å². The summed E-state index contributed by atoms with van der Waals surface area (Å²) in [7, 11) is -7.35. The van der Waals surface area contributed by atoms with Gasteiger partial charge in [0.25, 0.3) is 0 Å². The third-order valence-corrected chi connectivity index (χ3v) is 12.9. The van der Waals surface area contributed by atoms with Crippen molar-refractivity contribution in [3.8, 4) is 5.75 Å². The number of rotatable bonds is 12. The molecule has 5 N–H and O–H groups in total. The predicted octanol–water partition coefficient (Wildman–Crippen LogP) is 1.90. The second-order valence-electron chi connectivity index (χ2n) is 12.4. The van der Waals surface area contributed by atoms with Crippen LogP contribution >= 0.6 is 15.2 Å². The summed E-state index contributed by atoms with van der Waals surface area (Å²) in [5.74, 6) is -1.50. The van der Waals surface area contributed by atoms with Crippen LogP contribution in [0.1, 0.15) is 48.5 Å². The number of fused-ring (bicyclic) bond motifs is 2. The van der Waals surface area contributed by atoms with Gasteiger partial charge in [-0.05, 0) is 58.3 Å². The zero-order valence-electron chi connectivity index (χ0n) is 26.5. The van der Waals surface area contributed by atoms with E-state index in [1.165, 1.54) is 32.3 Å². The maximum atomic E-state index is 15.9. The monoisotopic (exact) mass is 720 g/mol. The van der Waals surface area contributed by atoms with Crippen molar-refractivity contribution < 1.29 is 61.6 Å². The topological polar surface area (TPSA) is 227 Å². The lowest BCUT2D eigenvalue weighted by Gasteiger charge is -2.33. The Kier molecular flexibility index (Phi) is 10.3. The molecule has 3 heterocycles. The Labute approximate surface area is 274 Å². The smallest absolute Gasteiger partial charge is 0.492 e. The molecule has 0 spiro atoms. The van der Waals surface area contributed by atoms with Gasteiger partial charge in [-0.15, -0.1) is 0 Å². The highest BCUT2D eigenvalue weighted by molar-refractivity contribution is 7.72. The molecule has 2 aromatic rings. The van der Waals surface area contributed by atoms with Gasteiger partial charge in [-0.1, -0.05) is 0 Å². The van der Waals surface area contributed by atoms with Crippen molar-refractivity contribution in [3.63, 3.8) is 0 Å². The molecule has 0 bridgehead atoms. The van der Waals surface area contributed by atoms with E-state index in [-0.39, 0.29) is 35.5 Å². The van der Waals surface area contributed by atoms with Crippen LogP contribution in [-0.2, 0) is 23.3 Å². The first-order valence-corrected chi connectivity index (χ1v) is 18.4. The molecule has 20 heteroatoms. The fraction of sp³-hybridized carbons (Fsp3) is 0.607. The molecule has 2 saturated heterocycles. The first kappa shape index (κ1) is 36.2. The molecular weight excluding hydrogens is 681 g/mol. The predicted molar refractivity (Wildman–Crippen MR) is 168 cm³/mol. The van der Waals surface area contributed by atoms with Crippen LogP contribution in [0.25, 0.3) is 10.9 Å². The maximum Gasteiger partial charge on any atom is 0.513 e. The first-order chi connectivity index (χ1) is 22.5. The van der Waals surface area contributed by atoms with E-state index in [0.29, 0.717) is 37.4 Å². The zero-order valence-corrected chi connectivity index (χ0v) is 28.3. The van der Waals surface area contributed by atoms with E-state index in [1.807, 2.05) is 4.90 Å². The van der Waals surface area contributed by atoms with Crippen LogP contribution in [-0.4, -0.2) is 106 Å². The molecule has 0 amide bonds. The Morgan fingerprint density at radius 3 is 2.38 bits per heavy atom.